The molecular weight excluding hydrogens is 276 g/mol. The third-order valence-corrected chi connectivity index (χ3v) is 5.31. The molecule has 2 atom stereocenters. The SMILES string of the molecule is C[C@H](COC1CCCCO1)CS(=O)(=O)c1ccccc1. The van der Waals surface area contributed by atoms with Gasteiger partial charge in [0.05, 0.1) is 17.3 Å². The van der Waals surface area contributed by atoms with Crippen LogP contribution in [0.1, 0.15) is 26.2 Å². The lowest BCUT2D eigenvalue weighted by Gasteiger charge is -2.24. The van der Waals surface area contributed by atoms with Crippen LogP contribution >= 0.6 is 0 Å². The normalized spacial score (nSPS) is 21.6. The molecule has 1 unspecified atom stereocenters. The summed E-state index contributed by atoms with van der Waals surface area (Å²) < 4.78 is 35.5. The third-order valence-electron chi connectivity index (χ3n) is 3.31. The molecule has 0 bridgehead atoms. The van der Waals surface area contributed by atoms with Gasteiger partial charge in [0.15, 0.2) is 16.1 Å². The van der Waals surface area contributed by atoms with Gasteiger partial charge in [0, 0.05) is 6.61 Å². The van der Waals surface area contributed by atoms with Gasteiger partial charge >= 0.3 is 0 Å². The van der Waals surface area contributed by atoms with E-state index in [0.717, 1.165) is 25.9 Å². The number of rotatable bonds is 6. The largest absolute Gasteiger partial charge is 0.353 e. The molecule has 1 aromatic carbocycles. The van der Waals surface area contributed by atoms with Gasteiger partial charge in [-0.25, -0.2) is 8.42 Å². The van der Waals surface area contributed by atoms with Gasteiger partial charge in [0.2, 0.25) is 0 Å². The average molecular weight is 298 g/mol. The van der Waals surface area contributed by atoms with Crippen LogP contribution in [0.2, 0.25) is 0 Å². The fourth-order valence-corrected chi connectivity index (χ4v) is 3.87. The molecule has 0 N–H and O–H groups in total. The molecule has 4 nitrogen and oxygen atoms in total. The highest BCUT2D eigenvalue weighted by Crippen LogP contribution is 2.17. The summed E-state index contributed by atoms with van der Waals surface area (Å²) in [7, 11) is -3.23. The second-order valence-corrected chi connectivity index (χ2v) is 7.36. The third kappa shape index (κ3) is 4.58. The number of hydrogen-bond acceptors (Lipinski definition) is 4. The van der Waals surface area contributed by atoms with E-state index in [1.54, 1.807) is 24.3 Å². The summed E-state index contributed by atoms with van der Waals surface area (Å²) in [5.74, 6) is 0.0507. The van der Waals surface area contributed by atoms with Crippen molar-refractivity contribution >= 4 is 9.84 Å². The molecule has 20 heavy (non-hydrogen) atoms. The summed E-state index contributed by atoms with van der Waals surface area (Å²) in [5.41, 5.74) is 0. The van der Waals surface area contributed by atoms with Gasteiger partial charge in [0.1, 0.15) is 0 Å². The van der Waals surface area contributed by atoms with Crippen LogP contribution in [0.15, 0.2) is 35.2 Å². The number of hydrogen-bond donors (Lipinski definition) is 0. The zero-order valence-electron chi connectivity index (χ0n) is 11.8. The van der Waals surface area contributed by atoms with Crippen LogP contribution < -0.4 is 0 Å². The lowest BCUT2D eigenvalue weighted by molar-refractivity contribution is -0.167. The first kappa shape index (κ1) is 15.5. The van der Waals surface area contributed by atoms with E-state index in [1.165, 1.54) is 0 Å². The Morgan fingerprint density at radius 2 is 2.05 bits per heavy atom. The zero-order chi connectivity index (χ0) is 14.4. The fraction of sp³-hybridized carbons (Fsp3) is 0.600. The first-order valence-electron chi connectivity index (χ1n) is 7.09. The van der Waals surface area contributed by atoms with Gasteiger partial charge in [-0.3, -0.25) is 0 Å². The molecule has 0 saturated carbocycles. The maximum absolute atomic E-state index is 12.2. The van der Waals surface area contributed by atoms with Crippen LogP contribution in [0, 0.1) is 5.92 Å². The minimum Gasteiger partial charge on any atom is -0.353 e. The zero-order valence-corrected chi connectivity index (χ0v) is 12.6. The summed E-state index contributed by atoms with van der Waals surface area (Å²) >= 11 is 0. The van der Waals surface area contributed by atoms with E-state index in [4.69, 9.17) is 9.47 Å². The highest BCUT2D eigenvalue weighted by atomic mass is 32.2. The monoisotopic (exact) mass is 298 g/mol. The van der Waals surface area contributed by atoms with Crippen LogP contribution in [0.4, 0.5) is 0 Å². The van der Waals surface area contributed by atoms with Crippen molar-refractivity contribution in [3.63, 3.8) is 0 Å². The van der Waals surface area contributed by atoms with Crippen molar-refractivity contribution in [3.8, 4) is 0 Å². The van der Waals surface area contributed by atoms with Crippen LogP contribution in [-0.4, -0.2) is 33.7 Å². The van der Waals surface area contributed by atoms with Gasteiger partial charge in [-0.15, -0.1) is 0 Å². The molecule has 0 aromatic heterocycles. The van der Waals surface area contributed by atoms with Crippen LogP contribution in [-0.2, 0) is 19.3 Å². The molecule has 1 aromatic rings. The smallest absolute Gasteiger partial charge is 0.178 e. The van der Waals surface area contributed by atoms with E-state index in [1.807, 2.05) is 13.0 Å². The highest BCUT2D eigenvalue weighted by Gasteiger charge is 2.20. The van der Waals surface area contributed by atoms with Crippen LogP contribution in [0.25, 0.3) is 0 Å². The van der Waals surface area contributed by atoms with E-state index in [2.05, 4.69) is 0 Å². The molecule has 0 radical (unpaired) electrons. The maximum atomic E-state index is 12.2. The summed E-state index contributed by atoms with van der Waals surface area (Å²) in [6.07, 6.45) is 2.93. The molecule has 1 heterocycles. The van der Waals surface area contributed by atoms with Crippen molar-refractivity contribution in [2.45, 2.75) is 37.4 Å². The first-order valence-corrected chi connectivity index (χ1v) is 8.74. The molecule has 1 fully saturated rings. The van der Waals surface area contributed by atoms with Crippen molar-refractivity contribution < 1.29 is 17.9 Å². The molecule has 1 saturated heterocycles. The second kappa shape index (κ2) is 7.20. The van der Waals surface area contributed by atoms with Crippen LogP contribution in [0.3, 0.4) is 0 Å². The number of ether oxygens (including phenoxy) is 2. The number of benzene rings is 1. The Morgan fingerprint density at radius 1 is 1.30 bits per heavy atom. The van der Waals surface area contributed by atoms with Gasteiger partial charge in [-0.1, -0.05) is 25.1 Å². The van der Waals surface area contributed by atoms with E-state index in [0.29, 0.717) is 11.5 Å². The molecular formula is C15H22O4S. The average Bonchev–Trinajstić information content (AvgIpc) is 2.47. The Bertz CT molecular complexity index is 492. The summed E-state index contributed by atoms with van der Waals surface area (Å²) in [5, 5.41) is 0. The van der Waals surface area contributed by atoms with Crippen molar-refractivity contribution in [2.75, 3.05) is 19.0 Å². The minimum absolute atomic E-state index is 0.0502. The van der Waals surface area contributed by atoms with Gasteiger partial charge < -0.3 is 9.47 Å². The second-order valence-electron chi connectivity index (χ2n) is 5.33. The lowest BCUT2D eigenvalue weighted by Crippen LogP contribution is -2.26. The molecule has 0 spiro atoms. The van der Waals surface area contributed by atoms with Crippen molar-refractivity contribution in [1.82, 2.24) is 0 Å². The molecule has 1 aliphatic rings. The maximum Gasteiger partial charge on any atom is 0.178 e. The van der Waals surface area contributed by atoms with E-state index >= 15 is 0 Å². The standard InChI is InChI=1S/C15H22O4S/c1-13(11-19-15-9-5-6-10-18-15)12-20(16,17)14-7-3-2-4-8-14/h2-4,7-8,13,15H,5-6,9-12H2,1H3/t13-,15?/m1/s1. The Hall–Kier alpha value is -0.910. The van der Waals surface area contributed by atoms with Crippen LogP contribution in [0.5, 0.6) is 0 Å². The topological polar surface area (TPSA) is 52.6 Å². The minimum atomic E-state index is -3.23. The van der Waals surface area contributed by atoms with Gasteiger partial charge in [0.25, 0.3) is 0 Å². The van der Waals surface area contributed by atoms with Gasteiger partial charge in [-0.05, 0) is 37.3 Å². The van der Waals surface area contributed by atoms with Crippen molar-refractivity contribution in [3.05, 3.63) is 30.3 Å². The molecule has 0 aliphatic carbocycles. The summed E-state index contributed by atoms with van der Waals surface area (Å²) in [6, 6.07) is 8.56. The van der Waals surface area contributed by atoms with E-state index < -0.39 is 9.84 Å². The fourth-order valence-electron chi connectivity index (χ4n) is 2.26. The lowest BCUT2D eigenvalue weighted by atomic mass is 10.2. The Labute approximate surface area is 121 Å². The molecule has 5 heteroatoms. The summed E-state index contributed by atoms with van der Waals surface area (Å²) in [4.78, 5) is 0.376. The Morgan fingerprint density at radius 3 is 2.70 bits per heavy atom. The Kier molecular flexibility index (Phi) is 5.57. The predicted molar refractivity (Wildman–Crippen MR) is 77.2 cm³/mol. The first-order chi connectivity index (χ1) is 9.58. The van der Waals surface area contributed by atoms with Gasteiger partial charge in [-0.2, -0.15) is 0 Å². The highest BCUT2D eigenvalue weighted by molar-refractivity contribution is 7.91. The predicted octanol–water partition coefficient (Wildman–Crippen LogP) is 2.64. The van der Waals surface area contributed by atoms with Crippen molar-refractivity contribution in [1.29, 1.82) is 0 Å². The quantitative estimate of drug-likeness (QED) is 0.810. The Balaban J connectivity index is 1.83. The van der Waals surface area contributed by atoms with Crippen molar-refractivity contribution in [2.24, 2.45) is 5.92 Å². The molecule has 0 amide bonds. The van der Waals surface area contributed by atoms with E-state index in [9.17, 15) is 8.42 Å². The van der Waals surface area contributed by atoms with E-state index in [-0.39, 0.29) is 18.0 Å². The molecule has 1 aliphatic heterocycles. The molecule has 2 rings (SSSR count). The summed E-state index contributed by atoms with van der Waals surface area (Å²) in [6.45, 7) is 3.04. The number of sulfone groups is 1. The molecule has 112 valence electrons.